The maximum Gasteiger partial charge on any atom is 0.166 e. The van der Waals surface area contributed by atoms with Crippen molar-refractivity contribution in [3.05, 3.63) is 35.9 Å². The summed E-state index contributed by atoms with van der Waals surface area (Å²) >= 11 is 5.10. The van der Waals surface area contributed by atoms with E-state index < -0.39 is 0 Å². The van der Waals surface area contributed by atoms with Crippen LogP contribution in [0.2, 0.25) is 0 Å². The van der Waals surface area contributed by atoms with Gasteiger partial charge in [0.2, 0.25) is 0 Å². The molecule has 2 N–H and O–H groups in total. The SMILES string of the molecule is COCCNC(=S)NCCc1ccccc1. The van der Waals surface area contributed by atoms with Crippen molar-refractivity contribution in [2.45, 2.75) is 6.42 Å². The lowest BCUT2D eigenvalue weighted by Gasteiger charge is -2.09. The smallest absolute Gasteiger partial charge is 0.166 e. The minimum absolute atomic E-state index is 0.667. The van der Waals surface area contributed by atoms with Crippen molar-refractivity contribution in [1.29, 1.82) is 0 Å². The lowest BCUT2D eigenvalue weighted by molar-refractivity contribution is 0.204. The van der Waals surface area contributed by atoms with Crippen LogP contribution in [0.4, 0.5) is 0 Å². The molecule has 0 saturated heterocycles. The molecule has 0 bridgehead atoms. The van der Waals surface area contributed by atoms with E-state index in [1.165, 1.54) is 5.56 Å². The summed E-state index contributed by atoms with van der Waals surface area (Å²) in [5.74, 6) is 0. The van der Waals surface area contributed by atoms with Crippen LogP contribution < -0.4 is 10.6 Å². The number of hydrogen-bond donors (Lipinski definition) is 2. The van der Waals surface area contributed by atoms with Gasteiger partial charge in [-0.25, -0.2) is 0 Å². The van der Waals surface area contributed by atoms with E-state index in [0.717, 1.165) is 19.5 Å². The van der Waals surface area contributed by atoms with Crippen LogP contribution in [0.1, 0.15) is 5.56 Å². The van der Waals surface area contributed by atoms with Gasteiger partial charge in [-0.1, -0.05) is 30.3 Å². The Kier molecular flexibility index (Phi) is 6.53. The molecule has 0 heterocycles. The second-order valence-corrected chi connectivity index (χ2v) is 3.82. The van der Waals surface area contributed by atoms with Crippen molar-refractivity contribution in [2.75, 3.05) is 26.8 Å². The van der Waals surface area contributed by atoms with Crippen LogP contribution >= 0.6 is 12.2 Å². The van der Waals surface area contributed by atoms with Crippen LogP contribution in [0, 0.1) is 0 Å². The molecule has 0 aromatic heterocycles. The quantitative estimate of drug-likeness (QED) is 0.579. The summed E-state index contributed by atoms with van der Waals surface area (Å²) in [6.45, 7) is 2.26. The van der Waals surface area contributed by atoms with Gasteiger partial charge in [0.15, 0.2) is 5.11 Å². The first-order chi connectivity index (χ1) is 7.83. The van der Waals surface area contributed by atoms with E-state index in [1.54, 1.807) is 7.11 Å². The molecule has 0 atom stereocenters. The Hall–Kier alpha value is -1.13. The van der Waals surface area contributed by atoms with E-state index >= 15 is 0 Å². The Morgan fingerprint density at radius 1 is 1.19 bits per heavy atom. The fourth-order valence-corrected chi connectivity index (χ4v) is 1.50. The minimum atomic E-state index is 0.667. The van der Waals surface area contributed by atoms with Gasteiger partial charge >= 0.3 is 0 Å². The average Bonchev–Trinajstić information content (AvgIpc) is 2.31. The van der Waals surface area contributed by atoms with Gasteiger partial charge in [0.25, 0.3) is 0 Å². The average molecular weight is 238 g/mol. The highest BCUT2D eigenvalue weighted by Gasteiger charge is 1.95. The van der Waals surface area contributed by atoms with E-state index in [4.69, 9.17) is 17.0 Å². The molecule has 0 unspecified atom stereocenters. The van der Waals surface area contributed by atoms with Crippen LogP contribution in [0.25, 0.3) is 0 Å². The van der Waals surface area contributed by atoms with Gasteiger partial charge < -0.3 is 15.4 Å². The third-order valence-corrected chi connectivity index (χ3v) is 2.42. The summed E-state index contributed by atoms with van der Waals surface area (Å²) < 4.78 is 4.92. The Morgan fingerprint density at radius 2 is 1.88 bits per heavy atom. The van der Waals surface area contributed by atoms with Crippen LogP contribution in [-0.4, -0.2) is 31.9 Å². The van der Waals surface area contributed by atoms with Crippen LogP contribution in [0.5, 0.6) is 0 Å². The first-order valence-corrected chi connectivity index (χ1v) is 5.78. The summed E-state index contributed by atoms with van der Waals surface area (Å²) in [6, 6.07) is 10.3. The molecule has 88 valence electrons. The molecule has 1 aromatic carbocycles. The predicted octanol–water partition coefficient (Wildman–Crippen LogP) is 1.34. The van der Waals surface area contributed by atoms with E-state index in [-0.39, 0.29) is 0 Å². The standard InChI is InChI=1S/C12H18N2OS/c1-15-10-9-14-12(16)13-8-7-11-5-3-2-4-6-11/h2-6H,7-10H2,1H3,(H2,13,14,16). The Morgan fingerprint density at radius 3 is 2.56 bits per heavy atom. The molecule has 0 spiro atoms. The third-order valence-electron chi connectivity index (χ3n) is 2.13. The molecular formula is C12H18N2OS. The van der Waals surface area contributed by atoms with E-state index in [2.05, 4.69) is 22.8 Å². The number of nitrogens with one attached hydrogen (secondary N) is 2. The highest BCUT2D eigenvalue weighted by molar-refractivity contribution is 7.80. The first-order valence-electron chi connectivity index (χ1n) is 5.37. The van der Waals surface area contributed by atoms with Gasteiger partial charge in [-0.3, -0.25) is 0 Å². The third kappa shape index (κ3) is 5.68. The molecule has 1 rings (SSSR count). The molecule has 3 nitrogen and oxygen atoms in total. The highest BCUT2D eigenvalue weighted by atomic mass is 32.1. The van der Waals surface area contributed by atoms with Gasteiger partial charge in [0, 0.05) is 20.2 Å². The molecule has 16 heavy (non-hydrogen) atoms. The fourth-order valence-electron chi connectivity index (χ4n) is 1.29. The van der Waals surface area contributed by atoms with E-state index in [9.17, 15) is 0 Å². The lowest BCUT2D eigenvalue weighted by atomic mass is 10.1. The summed E-state index contributed by atoms with van der Waals surface area (Å²) in [5.41, 5.74) is 1.31. The van der Waals surface area contributed by atoms with Crippen molar-refractivity contribution in [1.82, 2.24) is 10.6 Å². The maximum atomic E-state index is 5.10. The van der Waals surface area contributed by atoms with Gasteiger partial charge in [-0.15, -0.1) is 0 Å². The maximum absolute atomic E-state index is 5.10. The summed E-state index contributed by atoms with van der Waals surface area (Å²) in [6.07, 6.45) is 0.979. The predicted molar refractivity (Wildman–Crippen MR) is 70.6 cm³/mol. The Labute approximate surface area is 102 Å². The lowest BCUT2D eigenvalue weighted by Crippen LogP contribution is -2.37. The molecule has 0 fully saturated rings. The largest absolute Gasteiger partial charge is 0.383 e. The molecule has 0 aliphatic rings. The number of benzene rings is 1. The van der Waals surface area contributed by atoms with Crippen molar-refractivity contribution in [3.63, 3.8) is 0 Å². The number of thiocarbonyl (C=S) groups is 1. The fraction of sp³-hybridized carbons (Fsp3) is 0.417. The van der Waals surface area contributed by atoms with E-state index in [1.807, 2.05) is 18.2 Å². The molecule has 0 radical (unpaired) electrons. The number of methoxy groups -OCH3 is 1. The number of rotatable bonds is 6. The van der Waals surface area contributed by atoms with Crippen molar-refractivity contribution in [3.8, 4) is 0 Å². The molecule has 0 amide bonds. The summed E-state index contributed by atoms with van der Waals surface area (Å²) in [4.78, 5) is 0. The zero-order valence-corrected chi connectivity index (χ0v) is 10.3. The van der Waals surface area contributed by atoms with Crippen molar-refractivity contribution in [2.24, 2.45) is 0 Å². The van der Waals surface area contributed by atoms with Crippen LogP contribution in [0.15, 0.2) is 30.3 Å². The van der Waals surface area contributed by atoms with Gasteiger partial charge in [0.05, 0.1) is 6.61 Å². The molecule has 0 aliphatic heterocycles. The van der Waals surface area contributed by atoms with Gasteiger partial charge in [0.1, 0.15) is 0 Å². The monoisotopic (exact) mass is 238 g/mol. The second-order valence-electron chi connectivity index (χ2n) is 3.41. The molecule has 4 heteroatoms. The van der Waals surface area contributed by atoms with Crippen LogP contribution in [0.3, 0.4) is 0 Å². The highest BCUT2D eigenvalue weighted by Crippen LogP contribution is 1.97. The zero-order chi connectivity index (χ0) is 11.6. The number of ether oxygens (including phenoxy) is 1. The van der Waals surface area contributed by atoms with Gasteiger partial charge in [-0.05, 0) is 24.2 Å². The van der Waals surface area contributed by atoms with E-state index in [0.29, 0.717) is 11.7 Å². The van der Waals surface area contributed by atoms with Crippen molar-refractivity contribution < 1.29 is 4.74 Å². The molecule has 0 saturated carbocycles. The zero-order valence-electron chi connectivity index (χ0n) is 9.53. The Bertz CT molecular complexity index is 303. The second kappa shape index (κ2) is 8.07. The molecular weight excluding hydrogens is 220 g/mol. The first kappa shape index (κ1) is 12.9. The Balaban J connectivity index is 2.09. The van der Waals surface area contributed by atoms with Crippen molar-refractivity contribution >= 4 is 17.3 Å². The topological polar surface area (TPSA) is 33.3 Å². The minimum Gasteiger partial charge on any atom is -0.383 e. The molecule has 0 aliphatic carbocycles. The van der Waals surface area contributed by atoms with Gasteiger partial charge in [-0.2, -0.15) is 0 Å². The normalized spacial score (nSPS) is 9.81. The summed E-state index contributed by atoms with van der Waals surface area (Å²) in [7, 11) is 1.67. The summed E-state index contributed by atoms with van der Waals surface area (Å²) in [5, 5.41) is 6.91. The molecule has 1 aromatic rings. The number of hydrogen-bond acceptors (Lipinski definition) is 2. The van der Waals surface area contributed by atoms with Crippen LogP contribution in [-0.2, 0) is 11.2 Å².